The summed E-state index contributed by atoms with van der Waals surface area (Å²) in [5.74, 6) is -1.71. The Bertz CT molecular complexity index is 430. The minimum Gasteiger partial charge on any atom is -0.481 e. The lowest BCUT2D eigenvalue weighted by Crippen LogP contribution is -2.35. The van der Waals surface area contributed by atoms with Gasteiger partial charge in [-0.25, -0.2) is 0 Å². The summed E-state index contributed by atoms with van der Waals surface area (Å²) in [5, 5.41) is 9.30. The fraction of sp³-hybridized carbons (Fsp3) is 0.385. The molecule has 0 spiro atoms. The van der Waals surface area contributed by atoms with Crippen LogP contribution in [0.5, 0.6) is 0 Å². The van der Waals surface area contributed by atoms with E-state index in [2.05, 4.69) is 0 Å². The number of carbonyl (C=O) groups excluding carboxylic acids is 1. The first-order valence-corrected chi connectivity index (χ1v) is 6.12. The minimum absolute atomic E-state index is 0.164. The van der Waals surface area contributed by atoms with Gasteiger partial charge in [-0.2, -0.15) is 0 Å². The molecule has 0 aliphatic rings. The smallest absolute Gasteiger partial charge is 0.304 e. The molecule has 0 heterocycles. The highest BCUT2D eigenvalue weighted by atomic mass is 35.5. The maximum Gasteiger partial charge on any atom is 0.304 e. The molecule has 1 aromatic carbocycles. The van der Waals surface area contributed by atoms with Gasteiger partial charge >= 0.3 is 5.97 Å². The van der Waals surface area contributed by atoms with Crippen molar-refractivity contribution in [1.29, 1.82) is 0 Å². The van der Waals surface area contributed by atoms with Gasteiger partial charge < -0.3 is 10.0 Å². The summed E-state index contributed by atoms with van der Waals surface area (Å²) < 4.78 is 0. The second-order valence-corrected chi connectivity index (χ2v) is 4.49. The van der Waals surface area contributed by atoms with E-state index in [9.17, 15) is 9.59 Å². The van der Waals surface area contributed by atoms with E-state index in [1.165, 1.54) is 0 Å². The van der Waals surface area contributed by atoms with E-state index < -0.39 is 11.9 Å². The van der Waals surface area contributed by atoms with Crippen LogP contribution in [0.1, 0.15) is 20.3 Å². The maximum atomic E-state index is 12.1. The number of nitrogens with zero attached hydrogens (tertiary/aromatic N) is 1. The molecule has 4 nitrogen and oxygen atoms in total. The van der Waals surface area contributed by atoms with Crippen molar-refractivity contribution >= 4 is 29.2 Å². The number of anilines is 1. The van der Waals surface area contributed by atoms with Crippen LogP contribution in [0.25, 0.3) is 0 Å². The summed E-state index contributed by atoms with van der Waals surface area (Å²) in [6.45, 7) is 3.96. The minimum atomic E-state index is -0.969. The van der Waals surface area contributed by atoms with Crippen LogP contribution in [0.2, 0.25) is 5.02 Å². The van der Waals surface area contributed by atoms with Gasteiger partial charge in [0.15, 0.2) is 0 Å². The van der Waals surface area contributed by atoms with Crippen molar-refractivity contribution < 1.29 is 14.7 Å². The Hall–Kier alpha value is -1.55. The Balaban J connectivity index is 2.86. The monoisotopic (exact) mass is 269 g/mol. The molecule has 18 heavy (non-hydrogen) atoms. The van der Waals surface area contributed by atoms with Crippen LogP contribution in [0.15, 0.2) is 24.3 Å². The molecule has 0 aromatic heterocycles. The largest absolute Gasteiger partial charge is 0.481 e. The van der Waals surface area contributed by atoms with Gasteiger partial charge in [-0.1, -0.05) is 18.5 Å². The second kappa shape index (κ2) is 6.40. The number of halogens is 1. The molecular formula is C13H16ClNO3. The first-order valence-electron chi connectivity index (χ1n) is 5.74. The number of amides is 1. The number of carbonyl (C=O) groups is 2. The molecule has 0 radical (unpaired) electrons. The van der Waals surface area contributed by atoms with Crippen LogP contribution in [-0.4, -0.2) is 23.5 Å². The third-order valence-corrected chi connectivity index (χ3v) is 2.87. The standard InChI is InChI=1S/C13H16ClNO3/c1-3-15(11-6-4-10(14)5-7-11)13(18)9(2)8-12(16)17/h4-7,9H,3,8H2,1-2H3,(H,16,17). The van der Waals surface area contributed by atoms with Gasteiger partial charge in [0.05, 0.1) is 6.42 Å². The van der Waals surface area contributed by atoms with Crippen molar-refractivity contribution in [2.45, 2.75) is 20.3 Å². The van der Waals surface area contributed by atoms with E-state index in [0.29, 0.717) is 11.6 Å². The van der Waals surface area contributed by atoms with Gasteiger partial charge in [0.25, 0.3) is 0 Å². The Morgan fingerprint density at radius 2 is 1.89 bits per heavy atom. The Morgan fingerprint density at radius 3 is 2.33 bits per heavy atom. The number of hydrogen-bond donors (Lipinski definition) is 1. The first-order chi connectivity index (χ1) is 8.45. The second-order valence-electron chi connectivity index (χ2n) is 4.06. The van der Waals surface area contributed by atoms with E-state index in [0.717, 1.165) is 5.69 Å². The highest BCUT2D eigenvalue weighted by Gasteiger charge is 2.22. The Morgan fingerprint density at radius 1 is 1.33 bits per heavy atom. The summed E-state index contributed by atoms with van der Waals surface area (Å²) in [4.78, 5) is 24.3. The van der Waals surface area contributed by atoms with Gasteiger partial charge in [-0.15, -0.1) is 0 Å². The van der Waals surface area contributed by atoms with Crippen molar-refractivity contribution in [3.63, 3.8) is 0 Å². The fourth-order valence-electron chi connectivity index (χ4n) is 1.70. The van der Waals surface area contributed by atoms with Crippen molar-refractivity contribution in [3.05, 3.63) is 29.3 Å². The number of carboxylic acids is 1. The van der Waals surface area contributed by atoms with Crippen LogP contribution in [0, 0.1) is 5.92 Å². The molecule has 0 saturated heterocycles. The molecular weight excluding hydrogens is 254 g/mol. The van der Waals surface area contributed by atoms with Crippen molar-refractivity contribution in [2.75, 3.05) is 11.4 Å². The van der Waals surface area contributed by atoms with Crippen molar-refractivity contribution in [2.24, 2.45) is 5.92 Å². The molecule has 0 fully saturated rings. The average Bonchev–Trinajstić information content (AvgIpc) is 2.31. The highest BCUT2D eigenvalue weighted by molar-refractivity contribution is 6.30. The lowest BCUT2D eigenvalue weighted by Gasteiger charge is -2.24. The van der Waals surface area contributed by atoms with Crippen LogP contribution in [0.3, 0.4) is 0 Å². The summed E-state index contributed by atoms with van der Waals surface area (Å²) in [6.07, 6.45) is -0.164. The van der Waals surface area contributed by atoms with Crippen LogP contribution in [0.4, 0.5) is 5.69 Å². The molecule has 1 N–H and O–H groups in total. The van der Waals surface area contributed by atoms with E-state index >= 15 is 0 Å². The predicted octanol–water partition coefficient (Wildman–Crippen LogP) is 2.80. The van der Waals surface area contributed by atoms with Gasteiger partial charge in [0, 0.05) is 23.2 Å². The van der Waals surface area contributed by atoms with Crippen LogP contribution >= 0.6 is 11.6 Å². The summed E-state index contributed by atoms with van der Waals surface area (Å²) >= 11 is 5.79. The lowest BCUT2D eigenvalue weighted by molar-refractivity contribution is -0.140. The molecule has 1 unspecified atom stereocenters. The lowest BCUT2D eigenvalue weighted by atomic mass is 10.1. The normalized spacial score (nSPS) is 11.9. The summed E-state index contributed by atoms with van der Waals surface area (Å²) in [7, 11) is 0. The number of carboxylic acid groups (broad SMARTS) is 1. The Kier molecular flexibility index (Phi) is 5.16. The quantitative estimate of drug-likeness (QED) is 0.894. The first kappa shape index (κ1) is 14.5. The third kappa shape index (κ3) is 3.74. The zero-order valence-electron chi connectivity index (χ0n) is 10.4. The maximum absolute atomic E-state index is 12.1. The topological polar surface area (TPSA) is 57.6 Å². The van der Waals surface area contributed by atoms with Gasteiger partial charge in [-0.3, -0.25) is 9.59 Å². The van der Waals surface area contributed by atoms with Crippen molar-refractivity contribution in [3.8, 4) is 0 Å². The van der Waals surface area contributed by atoms with E-state index in [-0.39, 0.29) is 12.3 Å². The van der Waals surface area contributed by atoms with Crippen LogP contribution in [-0.2, 0) is 9.59 Å². The molecule has 0 aliphatic heterocycles. The summed E-state index contributed by atoms with van der Waals surface area (Å²) in [6, 6.07) is 6.90. The van der Waals surface area contributed by atoms with E-state index in [1.807, 2.05) is 6.92 Å². The third-order valence-electron chi connectivity index (χ3n) is 2.62. The molecule has 1 atom stereocenters. The number of hydrogen-bond acceptors (Lipinski definition) is 2. The average molecular weight is 270 g/mol. The zero-order chi connectivity index (χ0) is 13.7. The van der Waals surface area contributed by atoms with Crippen molar-refractivity contribution in [1.82, 2.24) is 0 Å². The highest BCUT2D eigenvalue weighted by Crippen LogP contribution is 2.20. The number of benzene rings is 1. The molecule has 98 valence electrons. The SMILES string of the molecule is CCN(C(=O)C(C)CC(=O)O)c1ccc(Cl)cc1. The molecule has 1 amide bonds. The van der Waals surface area contributed by atoms with Gasteiger partial charge in [0.1, 0.15) is 0 Å². The van der Waals surface area contributed by atoms with Gasteiger partial charge in [-0.05, 0) is 31.2 Å². The molecule has 1 aromatic rings. The number of aliphatic carboxylic acids is 1. The molecule has 0 aliphatic carbocycles. The molecule has 0 saturated carbocycles. The molecule has 1 rings (SSSR count). The Labute approximate surface area is 111 Å². The predicted molar refractivity (Wildman–Crippen MR) is 70.9 cm³/mol. The molecule has 5 heteroatoms. The fourth-order valence-corrected chi connectivity index (χ4v) is 1.83. The van der Waals surface area contributed by atoms with E-state index in [4.69, 9.17) is 16.7 Å². The zero-order valence-corrected chi connectivity index (χ0v) is 11.1. The molecule has 0 bridgehead atoms. The van der Waals surface area contributed by atoms with Crippen LogP contribution < -0.4 is 4.90 Å². The summed E-state index contributed by atoms with van der Waals surface area (Å²) in [5.41, 5.74) is 0.726. The number of rotatable bonds is 5. The van der Waals surface area contributed by atoms with Gasteiger partial charge in [0.2, 0.25) is 5.91 Å². The van der Waals surface area contributed by atoms with E-state index in [1.54, 1.807) is 36.1 Å².